The number of nitrogens with zero attached hydrogens (tertiary/aromatic N) is 7. The minimum atomic E-state index is -4.58. The standard InChI is InChI=1S/C17H14F3N7OS/c1-3-29(28)12-4-5-14(27-7-6-22-25-27)24-15(12)16-23-10-8-13(17(18,19)20)21-9-11(10)26(16)2/h4-9H,3H2,1-2H3. The van der Waals surface area contributed by atoms with Gasteiger partial charge in [0.25, 0.3) is 0 Å². The van der Waals surface area contributed by atoms with Gasteiger partial charge in [0, 0.05) is 12.8 Å². The van der Waals surface area contributed by atoms with E-state index >= 15 is 0 Å². The maximum absolute atomic E-state index is 13.0. The molecule has 0 fully saturated rings. The highest BCUT2D eigenvalue weighted by atomic mass is 32.2. The molecule has 1 unspecified atom stereocenters. The number of halogens is 3. The van der Waals surface area contributed by atoms with Crippen molar-refractivity contribution >= 4 is 21.8 Å². The van der Waals surface area contributed by atoms with E-state index < -0.39 is 22.7 Å². The predicted octanol–water partition coefficient (Wildman–Crippen LogP) is 2.76. The fraction of sp³-hybridized carbons (Fsp3) is 0.235. The summed E-state index contributed by atoms with van der Waals surface area (Å²) >= 11 is 0. The second-order valence-corrected chi connectivity index (χ2v) is 7.76. The van der Waals surface area contributed by atoms with Crippen molar-refractivity contribution in [3.8, 4) is 17.3 Å². The van der Waals surface area contributed by atoms with Crippen molar-refractivity contribution in [2.75, 3.05) is 5.75 Å². The summed E-state index contributed by atoms with van der Waals surface area (Å²) in [6.07, 6.45) is -0.381. The van der Waals surface area contributed by atoms with Gasteiger partial charge >= 0.3 is 6.18 Å². The van der Waals surface area contributed by atoms with Gasteiger partial charge in [-0.2, -0.15) is 13.2 Å². The lowest BCUT2D eigenvalue weighted by molar-refractivity contribution is -0.141. The Morgan fingerprint density at radius 3 is 2.66 bits per heavy atom. The Morgan fingerprint density at radius 2 is 2.00 bits per heavy atom. The van der Waals surface area contributed by atoms with Gasteiger partial charge in [-0.25, -0.2) is 19.6 Å². The molecule has 150 valence electrons. The van der Waals surface area contributed by atoms with Crippen LogP contribution >= 0.6 is 0 Å². The van der Waals surface area contributed by atoms with Crippen LogP contribution in [0, 0.1) is 0 Å². The average Bonchev–Trinajstić information content (AvgIpc) is 3.34. The molecule has 29 heavy (non-hydrogen) atoms. The molecule has 0 bridgehead atoms. The third kappa shape index (κ3) is 3.39. The van der Waals surface area contributed by atoms with E-state index in [0.29, 0.717) is 27.7 Å². The zero-order chi connectivity index (χ0) is 20.8. The smallest absolute Gasteiger partial charge is 0.324 e. The molecule has 0 aromatic carbocycles. The number of alkyl halides is 3. The zero-order valence-electron chi connectivity index (χ0n) is 15.3. The number of hydrogen-bond donors (Lipinski definition) is 0. The number of aryl methyl sites for hydroxylation is 1. The predicted molar refractivity (Wildman–Crippen MR) is 98.6 cm³/mol. The third-order valence-corrected chi connectivity index (χ3v) is 5.62. The largest absolute Gasteiger partial charge is 0.433 e. The molecule has 4 aromatic heterocycles. The lowest BCUT2D eigenvalue weighted by Crippen LogP contribution is -2.07. The minimum Gasteiger partial charge on any atom is -0.324 e. The first-order valence-corrected chi connectivity index (χ1v) is 9.77. The normalized spacial score (nSPS) is 13.1. The Bertz CT molecular complexity index is 1220. The fourth-order valence-corrected chi connectivity index (χ4v) is 3.73. The van der Waals surface area contributed by atoms with Crippen LogP contribution in [-0.4, -0.2) is 44.5 Å². The van der Waals surface area contributed by atoms with Gasteiger partial charge in [-0.1, -0.05) is 12.1 Å². The van der Waals surface area contributed by atoms with Crippen LogP contribution in [0.1, 0.15) is 12.6 Å². The van der Waals surface area contributed by atoms with Crippen LogP contribution in [0.2, 0.25) is 0 Å². The van der Waals surface area contributed by atoms with Crippen molar-refractivity contribution in [2.45, 2.75) is 18.0 Å². The number of aromatic nitrogens is 7. The Kier molecular flexibility index (Phi) is 4.65. The highest BCUT2D eigenvalue weighted by molar-refractivity contribution is 7.85. The molecular formula is C17H14F3N7OS. The highest BCUT2D eigenvalue weighted by Crippen LogP contribution is 2.32. The fourth-order valence-electron chi connectivity index (χ4n) is 2.85. The van der Waals surface area contributed by atoms with Gasteiger partial charge in [-0.15, -0.1) is 5.10 Å². The van der Waals surface area contributed by atoms with E-state index in [1.807, 2.05) is 0 Å². The lowest BCUT2D eigenvalue weighted by Gasteiger charge is -2.10. The summed E-state index contributed by atoms with van der Waals surface area (Å²) in [4.78, 5) is 12.8. The Balaban J connectivity index is 1.94. The minimum absolute atomic E-state index is 0.117. The maximum atomic E-state index is 13.0. The quantitative estimate of drug-likeness (QED) is 0.503. The van der Waals surface area contributed by atoms with Crippen molar-refractivity contribution in [3.63, 3.8) is 0 Å². The second-order valence-electron chi connectivity index (χ2n) is 6.05. The summed E-state index contributed by atoms with van der Waals surface area (Å²) < 4.78 is 54.6. The number of hydrogen-bond acceptors (Lipinski definition) is 6. The summed E-state index contributed by atoms with van der Waals surface area (Å²) in [5, 5.41) is 7.62. The third-order valence-electron chi connectivity index (χ3n) is 4.28. The number of rotatable bonds is 4. The maximum Gasteiger partial charge on any atom is 0.433 e. The molecule has 12 heteroatoms. The first kappa shape index (κ1) is 19.2. The van der Waals surface area contributed by atoms with Gasteiger partial charge in [0.15, 0.2) is 11.6 Å². The van der Waals surface area contributed by atoms with Gasteiger partial charge in [0.2, 0.25) is 0 Å². The molecule has 4 heterocycles. The van der Waals surface area contributed by atoms with Crippen LogP contribution in [-0.2, 0) is 24.0 Å². The first-order valence-electron chi connectivity index (χ1n) is 8.45. The molecule has 4 rings (SSSR count). The van der Waals surface area contributed by atoms with E-state index in [-0.39, 0.29) is 11.3 Å². The van der Waals surface area contributed by atoms with Crippen LogP contribution in [0.15, 0.2) is 41.7 Å². The van der Waals surface area contributed by atoms with Crippen LogP contribution in [0.4, 0.5) is 13.2 Å². The molecular weight excluding hydrogens is 407 g/mol. The molecule has 0 radical (unpaired) electrons. The monoisotopic (exact) mass is 421 g/mol. The Labute approximate surface area is 164 Å². The summed E-state index contributed by atoms with van der Waals surface area (Å²) in [6, 6.07) is 4.18. The highest BCUT2D eigenvalue weighted by Gasteiger charge is 2.33. The van der Waals surface area contributed by atoms with E-state index in [4.69, 9.17) is 0 Å². The van der Waals surface area contributed by atoms with Gasteiger partial charge in [0.05, 0.1) is 45.3 Å². The molecule has 0 aliphatic carbocycles. The number of pyridine rings is 2. The van der Waals surface area contributed by atoms with E-state index in [1.54, 1.807) is 36.9 Å². The molecule has 0 N–H and O–H groups in total. The summed E-state index contributed by atoms with van der Waals surface area (Å²) in [5.41, 5.74) is -0.220. The van der Waals surface area contributed by atoms with Crippen LogP contribution in [0.3, 0.4) is 0 Å². The van der Waals surface area contributed by atoms with Crippen LogP contribution in [0.5, 0.6) is 0 Å². The molecule has 4 aromatic rings. The topological polar surface area (TPSA) is 91.4 Å². The van der Waals surface area contributed by atoms with Crippen molar-refractivity contribution in [2.24, 2.45) is 7.05 Å². The van der Waals surface area contributed by atoms with Crippen LogP contribution in [0.25, 0.3) is 28.4 Å². The summed E-state index contributed by atoms with van der Waals surface area (Å²) in [5.74, 6) is 1.04. The first-order chi connectivity index (χ1) is 13.8. The molecule has 8 nitrogen and oxygen atoms in total. The molecule has 0 spiro atoms. The van der Waals surface area contributed by atoms with Crippen molar-refractivity contribution in [3.05, 3.63) is 42.5 Å². The summed E-state index contributed by atoms with van der Waals surface area (Å²) in [6.45, 7) is 1.76. The molecule has 0 saturated carbocycles. The van der Waals surface area contributed by atoms with Crippen LogP contribution < -0.4 is 0 Å². The van der Waals surface area contributed by atoms with Gasteiger partial charge < -0.3 is 4.57 Å². The zero-order valence-corrected chi connectivity index (χ0v) is 16.1. The van der Waals surface area contributed by atoms with Gasteiger partial charge in [-0.3, -0.25) is 4.21 Å². The van der Waals surface area contributed by atoms with Gasteiger partial charge in [-0.05, 0) is 18.2 Å². The van der Waals surface area contributed by atoms with Gasteiger partial charge in [0.1, 0.15) is 11.4 Å². The van der Waals surface area contributed by atoms with E-state index in [0.717, 1.165) is 12.3 Å². The van der Waals surface area contributed by atoms with E-state index in [2.05, 4.69) is 25.3 Å². The Hall–Kier alpha value is -3.15. The Morgan fingerprint density at radius 1 is 1.21 bits per heavy atom. The molecule has 0 amide bonds. The number of fused-ring (bicyclic) bond motifs is 1. The van der Waals surface area contributed by atoms with E-state index in [9.17, 15) is 17.4 Å². The SMILES string of the molecule is CCS(=O)c1ccc(-n2ccnn2)nc1-c1nc2cc(C(F)(F)F)ncc2n1C. The molecule has 0 saturated heterocycles. The van der Waals surface area contributed by atoms with Crippen molar-refractivity contribution in [1.82, 2.24) is 34.5 Å². The molecule has 1 atom stereocenters. The van der Waals surface area contributed by atoms with Crippen molar-refractivity contribution < 1.29 is 17.4 Å². The number of imidazole rings is 1. The molecule has 0 aliphatic rings. The lowest BCUT2D eigenvalue weighted by atomic mass is 10.3. The summed E-state index contributed by atoms with van der Waals surface area (Å²) in [7, 11) is 0.278. The average molecular weight is 421 g/mol. The van der Waals surface area contributed by atoms with E-state index in [1.165, 1.54) is 10.9 Å². The second kappa shape index (κ2) is 7.03. The molecule has 0 aliphatic heterocycles. The van der Waals surface area contributed by atoms with Crippen molar-refractivity contribution in [1.29, 1.82) is 0 Å².